The lowest BCUT2D eigenvalue weighted by molar-refractivity contribution is -0.136. The van der Waals surface area contributed by atoms with Crippen molar-refractivity contribution in [3.63, 3.8) is 0 Å². The monoisotopic (exact) mass is 383 g/mol. The highest BCUT2D eigenvalue weighted by Gasteiger charge is 2.55. The molecule has 1 aliphatic carbocycles. The van der Waals surface area contributed by atoms with E-state index < -0.39 is 0 Å². The molecule has 3 atom stereocenters. The van der Waals surface area contributed by atoms with E-state index >= 15 is 0 Å². The lowest BCUT2D eigenvalue weighted by atomic mass is 9.80. The van der Waals surface area contributed by atoms with Gasteiger partial charge < -0.3 is 9.42 Å². The van der Waals surface area contributed by atoms with Gasteiger partial charge in [-0.25, -0.2) is 4.98 Å². The Hall–Kier alpha value is -2.31. The molecule has 0 spiro atoms. The number of aromatic nitrogens is 4. The molecule has 1 amide bonds. The van der Waals surface area contributed by atoms with Gasteiger partial charge in [0, 0.05) is 31.4 Å². The number of hydrogen-bond acceptors (Lipinski definition) is 6. The van der Waals surface area contributed by atoms with Crippen molar-refractivity contribution in [2.45, 2.75) is 58.3 Å². The number of likely N-dealkylation sites (tertiary alicyclic amines) is 1. The number of carbonyl (C=O) groups is 1. The fourth-order valence-electron chi connectivity index (χ4n) is 5.24. The summed E-state index contributed by atoms with van der Waals surface area (Å²) in [6.07, 6.45) is 10.2. The van der Waals surface area contributed by atoms with Gasteiger partial charge in [-0.05, 0) is 24.7 Å². The third-order valence-electron chi connectivity index (χ3n) is 6.97. The van der Waals surface area contributed by atoms with E-state index in [1.165, 1.54) is 0 Å². The lowest BCUT2D eigenvalue weighted by Gasteiger charge is -2.28. The van der Waals surface area contributed by atoms with Crippen LogP contribution < -0.4 is 0 Å². The normalized spacial score (nSPS) is 25.3. The third kappa shape index (κ3) is 3.10. The van der Waals surface area contributed by atoms with Crippen LogP contribution in [0.5, 0.6) is 0 Å². The predicted octanol–water partition coefficient (Wildman–Crippen LogP) is 3.48. The van der Waals surface area contributed by atoms with Crippen molar-refractivity contribution in [2.75, 3.05) is 13.1 Å². The van der Waals surface area contributed by atoms with Gasteiger partial charge in [-0.2, -0.15) is 4.98 Å². The molecule has 1 aliphatic heterocycles. The van der Waals surface area contributed by atoms with Crippen molar-refractivity contribution in [2.24, 2.45) is 17.8 Å². The maximum atomic E-state index is 13.2. The zero-order chi connectivity index (χ0) is 19.7. The quantitative estimate of drug-likeness (QED) is 0.759. The fourth-order valence-corrected chi connectivity index (χ4v) is 5.24. The molecule has 7 nitrogen and oxygen atoms in total. The number of fused-ring (bicyclic) bond motifs is 1. The van der Waals surface area contributed by atoms with Crippen LogP contribution in [0.3, 0.4) is 0 Å². The van der Waals surface area contributed by atoms with Gasteiger partial charge in [-0.3, -0.25) is 9.78 Å². The highest BCUT2D eigenvalue weighted by atomic mass is 16.5. The number of nitrogens with zero attached hydrogens (tertiary/aromatic N) is 5. The molecule has 2 aliphatic rings. The highest BCUT2D eigenvalue weighted by molar-refractivity contribution is 5.79. The van der Waals surface area contributed by atoms with Gasteiger partial charge in [0.05, 0.1) is 11.6 Å². The second kappa shape index (κ2) is 7.60. The molecule has 2 fully saturated rings. The van der Waals surface area contributed by atoms with Crippen LogP contribution >= 0.6 is 0 Å². The summed E-state index contributed by atoms with van der Waals surface area (Å²) in [5.74, 6) is 2.29. The van der Waals surface area contributed by atoms with E-state index in [2.05, 4.69) is 45.8 Å². The first-order valence-corrected chi connectivity index (χ1v) is 10.5. The maximum Gasteiger partial charge on any atom is 0.235 e. The topological polar surface area (TPSA) is 85.0 Å². The molecule has 7 heteroatoms. The zero-order valence-corrected chi connectivity index (χ0v) is 17.0. The summed E-state index contributed by atoms with van der Waals surface area (Å²) in [4.78, 5) is 28.3. The van der Waals surface area contributed by atoms with Gasteiger partial charge in [0.15, 0.2) is 0 Å². The van der Waals surface area contributed by atoms with Crippen LogP contribution in [0.1, 0.15) is 58.8 Å². The van der Waals surface area contributed by atoms with Crippen molar-refractivity contribution in [3.8, 4) is 11.5 Å². The number of carbonyl (C=O) groups excluding carboxylic acids is 1. The number of hydrogen-bond donors (Lipinski definition) is 0. The molecule has 2 aromatic rings. The van der Waals surface area contributed by atoms with E-state index in [1.54, 1.807) is 18.6 Å². The Balaban J connectivity index is 1.57. The molecule has 0 aromatic carbocycles. The molecule has 3 heterocycles. The first kappa shape index (κ1) is 19.0. The van der Waals surface area contributed by atoms with Crippen molar-refractivity contribution in [1.29, 1.82) is 0 Å². The molecule has 150 valence electrons. The van der Waals surface area contributed by atoms with E-state index in [4.69, 9.17) is 4.52 Å². The average Bonchev–Trinajstić information content (AvgIpc) is 3.43. The minimum atomic E-state index is -0.212. The van der Waals surface area contributed by atoms with Crippen LogP contribution in [0.4, 0.5) is 0 Å². The SMILES string of the molecule is CCC(CC)C(C)C(=O)N1C[C@H]2CCC[C@@]2(c2nc(-c3cnccn3)no2)C1. The van der Waals surface area contributed by atoms with Crippen LogP contribution in [0, 0.1) is 17.8 Å². The third-order valence-corrected chi connectivity index (χ3v) is 6.97. The van der Waals surface area contributed by atoms with Crippen molar-refractivity contribution < 1.29 is 9.32 Å². The fraction of sp³-hybridized carbons (Fsp3) is 0.667. The molecule has 0 bridgehead atoms. The van der Waals surface area contributed by atoms with Gasteiger partial charge in [0.1, 0.15) is 5.69 Å². The number of rotatable bonds is 6. The standard InChI is InChI=1S/C21H29N5O2/c1-4-15(5-2)14(3)19(27)26-12-16-7-6-8-21(16,13-26)20-24-18(25-28-20)17-11-22-9-10-23-17/h9-11,14-16H,4-8,12-13H2,1-3H3/t14?,16-,21-/m1/s1. The highest BCUT2D eigenvalue weighted by Crippen LogP contribution is 2.50. The Morgan fingerprint density at radius 2 is 2.18 bits per heavy atom. The molecule has 4 rings (SSSR count). The summed E-state index contributed by atoms with van der Waals surface area (Å²) in [6.45, 7) is 7.91. The second-order valence-corrected chi connectivity index (χ2v) is 8.34. The maximum absolute atomic E-state index is 13.2. The Kier molecular flexibility index (Phi) is 5.17. The van der Waals surface area contributed by atoms with Crippen molar-refractivity contribution in [1.82, 2.24) is 25.0 Å². The first-order valence-electron chi connectivity index (χ1n) is 10.5. The molecular weight excluding hydrogens is 354 g/mol. The van der Waals surface area contributed by atoms with E-state index in [1.807, 2.05) is 0 Å². The minimum absolute atomic E-state index is 0.0590. The molecular formula is C21H29N5O2. The van der Waals surface area contributed by atoms with E-state index in [9.17, 15) is 4.79 Å². The Morgan fingerprint density at radius 1 is 1.36 bits per heavy atom. The predicted molar refractivity (Wildman–Crippen MR) is 104 cm³/mol. The van der Waals surface area contributed by atoms with Crippen LogP contribution in [0.15, 0.2) is 23.1 Å². The molecule has 0 N–H and O–H groups in total. The lowest BCUT2D eigenvalue weighted by Crippen LogP contribution is -2.39. The Morgan fingerprint density at radius 3 is 2.89 bits per heavy atom. The molecule has 1 unspecified atom stereocenters. The zero-order valence-electron chi connectivity index (χ0n) is 17.0. The van der Waals surface area contributed by atoms with E-state index in [0.717, 1.165) is 38.6 Å². The average molecular weight is 383 g/mol. The molecule has 2 aromatic heterocycles. The molecule has 0 radical (unpaired) electrons. The van der Waals surface area contributed by atoms with Crippen LogP contribution in [0.25, 0.3) is 11.5 Å². The van der Waals surface area contributed by atoms with Gasteiger partial charge in [-0.1, -0.05) is 45.2 Å². The summed E-state index contributed by atoms with van der Waals surface area (Å²) in [5.41, 5.74) is 0.397. The van der Waals surface area contributed by atoms with Crippen molar-refractivity contribution >= 4 is 5.91 Å². The first-order chi connectivity index (χ1) is 13.6. The Labute approximate surface area is 165 Å². The van der Waals surface area contributed by atoms with E-state index in [-0.39, 0.29) is 17.2 Å². The van der Waals surface area contributed by atoms with Gasteiger partial charge in [0.25, 0.3) is 0 Å². The molecule has 1 saturated heterocycles. The van der Waals surface area contributed by atoms with Crippen molar-refractivity contribution in [3.05, 3.63) is 24.5 Å². The number of amides is 1. The largest absolute Gasteiger partial charge is 0.341 e. The van der Waals surface area contributed by atoms with Gasteiger partial charge in [0.2, 0.25) is 17.6 Å². The molecule has 28 heavy (non-hydrogen) atoms. The second-order valence-electron chi connectivity index (χ2n) is 8.34. The van der Waals surface area contributed by atoms with Crippen LogP contribution in [-0.2, 0) is 10.2 Å². The smallest absolute Gasteiger partial charge is 0.235 e. The van der Waals surface area contributed by atoms with Crippen LogP contribution in [0.2, 0.25) is 0 Å². The molecule has 1 saturated carbocycles. The summed E-state index contributed by atoms with van der Waals surface area (Å²) >= 11 is 0. The Bertz CT molecular complexity index is 819. The van der Waals surface area contributed by atoms with Gasteiger partial charge in [-0.15, -0.1) is 0 Å². The van der Waals surface area contributed by atoms with Crippen LogP contribution in [-0.4, -0.2) is 44.0 Å². The minimum Gasteiger partial charge on any atom is -0.341 e. The summed E-state index contributed by atoms with van der Waals surface area (Å²) in [5, 5.41) is 4.15. The summed E-state index contributed by atoms with van der Waals surface area (Å²) in [7, 11) is 0. The van der Waals surface area contributed by atoms with E-state index in [0.29, 0.717) is 35.8 Å². The summed E-state index contributed by atoms with van der Waals surface area (Å²) < 4.78 is 5.72. The van der Waals surface area contributed by atoms with Gasteiger partial charge >= 0.3 is 0 Å². The summed E-state index contributed by atoms with van der Waals surface area (Å²) in [6, 6.07) is 0.